The zero-order valence-electron chi connectivity index (χ0n) is 12.1. The van der Waals surface area contributed by atoms with Crippen LogP contribution >= 0.6 is 0 Å². The molecule has 0 amide bonds. The van der Waals surface area contributed by atoms with Crippen molar-refractivity contribution in [2.45, 2.75) is 26.7 Å². The second-order valence-corrected chi connectivity index (χ2v) is 5.30. The molecule has 19 heavy (non-hydrogen) atoms. The van der Waals surface area contributed by atoms with Crippen molar-refractivity contribution >= 4 is 5.82 Å². The van der Waals surface area contributed by atoms with Crippen molar-refractivity contribution in [1.82, 2.24) is 14.7 Å². The summed E-state index contributed by atoms with van der Waals surface area (Å²) in [6, 6.07) is 2.23. The lowest BCUT2D eigenvalue weighted by Crippen LogP contribution is -2.35. The van der Waals surface area contributed by atoms with Gasteiger partial charge in [-0.3, -0.25) is 4.68 Å². The van der Waals surface area contributed by atoms with Crippen molar-refractivity contribution in [3.63, 3.8) is 0 Å². The highest BCUT2D eigenvalue weighted by molar-refractivity contribution is 5.54. The summed E-state index contributed by atoms with van der Waals surface area (Å²) in [5.74, 6) is 1.56. The molecule has 0 spiro atoms. The van der Waals surface area contributed by atoms with E-state index < -0.39 is 0 Å². The van der Waals surface area contributed by atoms with Gasteiger partial charge in [0.05, 0.1) is 5.69 Å². The minimum Gasteiger partial charge on any atom is -0.369 e. The SMILES string of the molecule is CCN1CCC(CNc2c(C#N)c(C)nn2C)CC1. The van der Waals surface area contributed by atoms with Crippen LogP contribution in [-0.4, -0.2) is 40.9 Å². The van der Waals surface area contributed by atoms with Gasteiger partial charge in [-0.2, -0.15) is 10.4 Å². The van der Waals surface area contributed by atoms with Crippen LogP contribution in [0.5, 0.6) is 0 Å². The Kier molecular flexibility index (Phi) is 4.43. The van der Waals surface area contributed by atoms with Gasteiger partial charge in [0, 0.05) is 13.6 Å². The summed E-state index contributed by atoms with van der Waals surface area (Å²) in [4.78, 5) is 2.49. The lowest BCUT2D eigenvalue weighted by atomic mass is 9.97. The third-order valence-corrected chi connectivity index (χ3v) is 4.05. The molecule has 1 fully saturated rings. The van der Waals surface area contributed by atoms with E-state index in [9.17, 15) is 0 Å². The van der Waals surface area contributed by atoms with Gasteiger partial charge in [0.1, 0.15) is 17.5 Å². The van der Waals surface area contributed by atoms with Crippen LogP contribution in [0.2, 0.25) is 0 Å². The Labute approximate surface area is 115 Å². The number of hydrogen-bond donors (Lipinski definition) is 1. The van der Waals surface area contributed by atoms with E-state index >= 15 is 0 Å². The van der Waals surface area contributed by atoms with Crippen LogP contribution < -0.4 is 5.32 Å². The van der Waals surface area contributed by atoms with Gasteiger partial charge in [-0.15, -0.1) is 0 Å². The first kappa shape index (κ1) is 13.9. The second kappa shape index (κ2) is 6.07. The molecule has 2 rings (SSSR count). The van der Waals surface area contributed by atoms with Crippen molar-refractivity contribution < 1.29 is 0 Å². The number of rotatable bonds is 4. The van der Waals surface area contributed by atoms with Gasteiger partial charge in [-0.1, -0.05) is 6.92 Å². The van der Waals surface area contributed by atoms with E-state index in [-0.39, 0.29) is 0 Å². The van der Waals surface area contributed by atoms with Crippen LogP contribution in [0, 0.1) is 24.2 Å². The molecule has 0 saturated carbocycles. The summed E-state index contributed by atoms with van der Waals surface area (Å²) in [6.07, 6.45) is 2.47. The fraction of sp³-hybridized carbons (Fsp3) is 0.714. The number of nitrogens with one attached hydrogen (secondary N) is 1. The van der Waals surface area contributed by atoms with E-state index in [2.05, 4.69) is 28.3 Å². The standard InChI is InChI=1S/C14H23N5/c1-4-19-7-5-12(6-8-19)10-16-14-13(9-15)11(2)17-18(14)3/h12,16H,4-8,10H2,1-3H3. The summed E-state index contributed by atoms with van der Waals surface area (Å²) >= 11 is 0. The quantitative estimate of drug-likeness (QED) is 0.897. The van der Waals surface area contributed by atoms with E-state index in [0.29, 0.717) is 11.5 Å². The predicted octanol–water partition coefficient (Wildman–Crippen LogP) is 1.74. The summed E-state index contributed by atoms with van der Waals surface area (Å²) in [5.41, 5.74) is 1.47. The van der Waals surface area contributed by atoms with Crippen LogP contribution in [0.1, 0.15) is 31.0 Å². The Bertz CT molecular complexity index is 463. The molecule has 1 N–H and O–H groups in total. The number of nitrogens with zero attached hydrogens (tertiary/aromatic N) is 4. The molecular weight excluding hydrogens is 238 g/mol. The molecule has 1 saturated heterocycles. The molecule has 2 heterocycles. The average molecular weight is 261 g/mol. The van der Waals surface area contributed by atoms with Gasteiger partial charge in [0.15, 0.2) is 0 Å². The zero-order chi connectivity index (χ0) is 13.8. The fourth-order valence-corrected chi connectivity index (χ4v) is 2.74. The lowest BCUT2D eigenvalue weighted by molar-refractivity contribution is 0.198. The van der Waals surface area contributed by atoms with Gasteiger partial charge >= 0.3 is 0 Å². The average Bonchev–Trinajstić information content (AvgIpc) is 2.70. The summed E-state index contributed by atoms with van der Waals surface area (Å²) < 4.78 is 1.77. The summed E-state index contributed by atoms with van der Waals surface area (Å²) in [5, 5.41) is 16.9. The smallest absolute Gasteiger partial charge is 0.142 e. The molecule has 0 bridgehead atoms. The Hall–Kier alpha value is -1.54. The van der Waals surface area contributed by atoms with Gasteiger partial charge in [-0.05, 0) is 45.3 Å². The van der Waals surface area contributed by atoms with Crippen LogP contribution in [0.15, 0.2) is 0 Å². The maximum atomic E-state index is 9.17. The highest BCUT2D eigenvalue weighted by atomic mass is 15.3. The van der Waals surface area contributed by atoms with Gasteiger partial charge in [0.25, 0.3) is 0 Å². The molecule has 0 radical (unpaired) electrons. The number of nitriles is 1. The highest BCUT2D eigenvalue weighted by Crippen LogP contribution is 2.21. The molecule has 1 aliphatic heterocycles. The molecule has 0 aromatic carbocycles. The molecular formula is C14H23N5. The number of hydrogen-bond acceptors (Lipinski definition) is 4. The van der Waals surface area contributed by atoms with Crippen molar-refractivity contribution in [2.75, 3.05) is 31.5 Å². The molecule has 1 aromatic rings. The van der Waals surface area contributed by atoms with E-state index in [0.717, 1.165) is 24.6 Å². The molecule has 0 aliphatic carbocycles. The minimum absolute atomic E-state index is 0.675. The minimum atomic E-state index is 0.675. The number of anilines is 1. The monoisotopic (exact) mass is 261 g/mol. The zero-order valence-corrected chi connectivity index (χ0v) is 12.1. The number of aryl methyl sites for hydroxylation is 2. The maximum absolute atomic E-state index is 9.17. The third kappa shape index (κ3) is 3.07. The molecule has 5 nitrogen and oxygen atoms in total. The summed E-state index contributed by atoms with van der Waals surface area (Å²) in [7, 11) is 1.88. The van der Waals surface area contributed by atoms with Crippen LogP contribution in [0.25, 0.3) is 0 Å². The van der Waals surface area contributed by atoms with E-state index in [4.69, 9.17) is 5.26 Å². The Morgan fingerprint density at radius 3 is 2.68 bits per heavy atom. The molecule has 0 atom stereocenters. The van der Waals surface area contributed by atoms with Gasteiger partial charge in [0.2, 0.25) is 0 Å². The number of piperidine rings is 1. The topological polar surface area (TPSA) is 56.9 Å². The van der Waals surface area contributed by atoms with Crippen LogP contribution in [0.4, 0.5) is 5.82 Å². The van der Waals surface area contributed by atoms with Crippen molar-refractivity contribution in [2.24, 2.45) is 13.0 Å². The first-order chi connectivity index (χ1) is 9.15. The molecule has 5 heteroatoms. The Morgan fingerprint density at radius 1 is 1.42 bits per heavy atom. The molecule has 1 aliphatic rings. The summed E-state index contributed by atoms with van der Waals surface area (Å²) in [6.45, 7) is 8.57. The first-order valence-electron chi connectivity index (χ1n) is 7.05. The highest BCUT2D eigenvalue weighted by Gasteiger charge is 2.19. The largest absolute Gasteiger partial charge is 0.369 e. The van der Waals surface area contributed by atoms with E-state index in [1.807, 2.05) is 14.0 Å². The molecule has 104 valence electrons. The second-order valence-electron chi connectivity index (χ2n) is 5.30. The Balaban J connectivity index is 1.92. The van der Waals surface area contributed by atoms with Gasteiger partial charge in [-0.25, -0.2) is 0 Å². The first-order valence-corrected chi connectivity index (χ1v) is 7.05. The molecule has 1 aromatic heterocycles. The van der Waals surface area contributed by atoms with Crippen LogP contribution in [0.3, 0.4) is 0 Å². The predicted molar refractivity (Wildman–Crippen MR) is 76.0 cm³/mol. The molecule has 0 unspecified atom stereocenters. The number of likely N-dealkylation sites (tertiary alicyclic amines) is 1. The van der Waals surface area contributed by atoms with E-state index in [1.165, 1.54) is 25.9 Å². The van der Waals surface area contributed by atoms with Crippen molar-refractivity contribution in [3.8, 4) is 6.07 Å². The van der Waals surface area contributed by atoms with Crippen molar-refractivity contribution in [1.29, 1.82) is 5.26 Å². The number of aromatic nitrogens is 2. The lowest BCUT2D eigenvalue weighted by Gasteiger charge is -2.31. The maximum Gasteiger partial charge on any atom is 0.142 e. The third-order valence-electron chi connectivity index (χ3n) is 4.05. The fourth-order valence-electron chi connectivity index (χ4n) is 2.74. The van der Waals surface area contributed by atoms with E-state index in [1.54, 1.807) is 4.68 Å². The van der Waals surface area contributed by atoms with Gasteiger partial charge < -0.3 is 10.2 Å². The normalized spacial score (nSPS) is 17.4. The van der Waals surface area contributed by atoms with Crippen molar-refractivity contribution in [3.05, 3.63) is 11.3 Å². The van der Waals surface area contributed by atoms with Crippen LogP contribution in [-0.2, 0) is 7.05 Å². The Morgan fingerprint density at radius 2 is 2.11 bits per heavy atom.